The topological polar surface area (TPSA) is 136 Å². The number of nitrogens with one attached hydrogen (secondary N) is 2. The lowest BCUT2D eigenvalue weighted by Gasteiger charge is -2.20. The van der Waals surface area contributed by atoms with E-state index in [0.717, 1.165) is 6.26 Å². The van der Waals surface area contributed by atoms with Crippen molar-refractivity contribution in [1.82, 2.24) is 9.97 Å². The van der Waals surface area contributed by atoms with Crippen molar-refractivity contribution in [2.75, 3.05) is 16.9 Å². The Kier molecular flexibility index (Phi) is 6.21. The Hall–Kier alpha value is -2.88. The van der Waals surface area contributed by atoms with Crippen molar-refractivity contribution in [2.24, 2.45) is 11.7 Å². The van der Waals surface area contributed by atoms with Crippen LogP contribution in [-0.4, -0.2) is 36.6 Å². The number of anilines is 3. The summed E-state index contributed by atoms with van der Waals surface area (Å²) in [6.07, 6.45) is 2.27. The number of rotatable bonds is 8. The van der Waals surface area contributed by atoms with Gasteiger partial charge in [-0.05, 0) is 25.0 Å². The molecule has 1 aromatic carbocycles. The van der Waals surface area contributed by atoms with Gasteiger partial charge in [0.15, 0.2) is 5.75 Å². The lowest BCUT2D eigenvalue weighted by molar-refractivity contribution is 0.100. The van der Waals surface area contributed by atoms with Crippen molar-refractivity contribution < 1.29 is 17.4 Å². The number of nitrogens with zero attached hydrogens (tertiary/aromatic N) is 2. The monoisotopic (exact) mass is 393 g/mol. The first-order chi connectivity index (χ1) is 12.6. The van der Waals surface area contributed by atoms with Crippen LogP contribution in [0.1, 0.15) is 31.1 Å². The van der Waals surface area contributed by atoms with E-state index in [1.54, 1.807) is 18.2 Å². The lowest BCUT2D eigenvalue weighted by Crippen LogP contribution is -2.25. The van der Waals surface area contributed by atoms with Crippen LogP contribution < -0.4 is 20.6 Å². The Morgan fingerprint density at radius 3 is 2.48 bits per heavy atom. The summed E-state index contributed by atoms with van der Waals surface area (Å²) in [6.45, 7) is 6.02. The van der Waals surface area contributed by atoms with E-state index in [2.05, 4.69) is 20.6 Å². The van der Waals surface area contributed by atoms with Gasteiger partial charge in [-0.15, -0.1) is 0 Å². The van der Waals surface area contributed by atoms with Crippen molar-refractivity contribution in [3.8, 4) is 5.75 Å². The van der Waals surface area contributed by atoms with E-state index >= 15 is 0 Å². The predicted octanol–water partition coefficient (Wildman–Crippen LogP) is 2.11. The number of carbonyl (C=O) groups excluding carboxylic acids is 1. The highest BCUT2D eigenvalue weighted by Gasteiger charge is 2.17. The van der Waals surface area contributed by atoms with Crippen molar-refractivity contribution in [3.63, 3.8) is 0 Å². The molecule has 10 heteroatoms. The van der Waals surface area contributed by atoms with Crippen LogP contribution in [0.25, 0.3) is 0 Å². The van der Waals surface area contributed by atoms with Gasteiger partial charge in [0.25, 0.3) is 5.91 Å². The number of amides is 1. The van der Waals surface area contributed by atoms with Crippen LogP contribution in [0.2, 0.25) is 0 Å². The summed E-state index contributed by atoms with van der Waals surface area (Å²) in [7, 11) is -3.70. The summed E-state index contributed by atoms with van der Waals surface area (Å²) in [5.41, 5.74) is 5.92. The molecule has 2 rings (SSSR count). The lowest BCUT2D eigenvalue weighted by atomic mass is 10.1. The van der Waals surface area contributed by atoms with Crippen molar-refractivity contribution >= 4 is 33.5 Å². The molecule has 4 N–H and O–H groups in total. The fourth-order valence-electron chi connectivity index (χ4n) is 2.04. The van der Waals surface area contributed by atoms with Crippen molar-refractivity contribution in [3.05, 3.63) is 36.0 Å². The number of benzene rings is 1. The van der Waals surface area contributed by atoms with Crippen molar-refractivity contribution in [2.45, 2.75) is 26.8 Å². The van der Waals surface area contributed by atoms with Crippen LogP contribution in [0, 0.1) is 5.92 Å². The molecule has 0 aliphatic heterocycles. The van der Waals surface area contributed by atoms with E-state index in [1.807, 2.05) is 20.8 Å². The minimum Gasteiger partial charge on any atom is -0.380 e. The third-order valence-corrected chi connectivity index (χ3v) is 4.28. The Morgan fingerprint density at radius 1 is 1.22 bits per heavy atom. The summed E-state index contributed by atoms with van der Waals surface area (Å²) in [5.74, 6) is 0.195. The quantitative estimate of drug-likeness (QED) is 0.580. The van der Waals surface area contributed by atoms with Crippen LogP contribution in [0.15, 0.2) is 30.5 Å². The summed E-state index contributed by atoms with van der Waals surface area (Å²) >= 11 is 0. The third-order valence-electron chi connectivity index (χ3n) is 3.79. The number of para-hydroxylation sites is 2. The molecule has 0 bridgehead atoms. The summed E-state index contributed by atoms with van der Waals surface area (Å²) in [6, 6.07) is 6.50. The number of carbonyl (C=O) groups is 1. The Labute approximate surface area is 158 Å². The Morgan fingerprint density at radius 2 is 1.89 bits per heavy atom. The van der Waals surface area contributed by atoms with Crippen LogP contribution in [-0.2, 0) is 10.1 Å². The van der Waals surface area contributed by atoms with Gasteiger partial charge >= 0.3 is 10.1 Å². The molecule has 0 fully saturated rings. The fourth-order valence-corrected chi connectivity index (χ4v) is 2.51. The second-order valence-corrected chi connectivity index (χ2v) is 7.98. The summed E-state index contributed by atoms with van der Waals surface area (Å²) in [4.78, 5) is 20.0. The molecule has 0 radical (unpaired) electrons. The molecule has 146 valence electrons. The molecular formula is C17H23N5O4S. The molecule has 9 nitrogen and oxygen atoms in total. The van der Waals surface area contributed by atoms with Gasteiger partial charge in [-0.2, -0.15) is 13.4 Å². The third kappa shape index (κ3) is 5.81. The maximum absolute atomic E-state index is 11.6. The average molecular weight is 393 g/mol. The molecule has 0 aliphatic rings. The standard InChI is InChI=1S/C17H23N5O4S/c1-10(2)11(3)20-16-12(15(18)23)9-19-17(22-16)21-13-7-5-6-8-14(13)26-27(4,24)25/h5-11H,1-4H3,(H2,18,23)(H2,19,20,21,22)/t11-/m1/s1. The van der Waals surface area contributed by atoms with Gasteiger partial charge in [0.1, 0.15) is 5.82 Å². The molecule has 0 spiro atoms. The maximum Gasteiger partial charge on any atom is 0.306 e. The van der Waals surface area contributed by atoms with Gasteiger partial charge in [0.2, 0.25) is 5.95 Å². The number of aromatic nitrogens is 2. The van der Waals surface area contributed by atoms with Crippen LogP contribution in [0.3, 0.4) is 0 Å². The van der Waals surface area contributed by atoms with Crippen LogP contribution in [0.4, 0.5) is 17.5 Å². The smallest absolute Gasteiger partial charge is 0.306 e. The molecule has 0 saturated carbocycles. The number of hydrogen-bond donors (Lipinski definition) is 3. The van der Waals surface area contributed by atoms with E-state index in [9.17, 15) is 13.2 Å². The molecule has 1 atom stereocenters. The van der Waals surface area contributed by atoms with Gasteiger partial charge in [0.05, 0.1) is 17.5 Å². The van der Waals surface area contributed by atoms with Crippen LogP contribution >= 0.6 is 0 Å². The second-order valence-electron chi connectivity index (χ2n) is 6.41. The SMILES string of the molecule is CC(C)[C@@H](C)Nc1nc(Nc2ccccc2OS(C)(=O)=O)ncc1C(N)=O. The van der Waals surface area contributed by atoms with E-state index < -0.39 is 16.0 Å². The first-order valence-electron chi connectivity index (χ1n) is 8.25. The van der Waals surface area contributed by atoms with E-state index in [1.165, 1.54) is 12.3 Å². The first kappa shape index (κ1) is 20.4. The zero-order valence-corrected chi connectivity index (χ0v) is 16.4. The molecule has 2 aromatic rings. The van der Waals surface area contributed by atoms with E-state index in [-0.39, 0.29) is 23.3 Å². The van der Waals surface area contributed by atoms with Crippen LogP contribution in [0.5, 0.6) is 5.75 Å². The van der Waals surface area contributed by atoms with Gasteiger partial charge in [-0.25, -0.2) is 4.98 Å². The highest BCUT2D eigenvalue weighted by atomic mass is 32.2. The number of primary amides is 1. The summed E-state index contributed by atoms with van der Waals surface area (Å²) in [5, 5.41) is 6.05. The van der Waals surface area contributed by atoms with E-state index in [4.69, 9.17) is 9.92 Å². The average Bonchev–Trinajstić information content (AvgIpc) is 2.55. The molecule has 0 aliphatic carbocycles. The Balaban J connectivity index is 2.36. The minimum absolute atomic E-state index is 0.0340. The van der Waals surface area contributed by atoms with Gasteiger partial charge in [-0.1, -0.05) is 26.0 Å². The predicted molar refractivity (Wildman–Crippen MR) is 104 cm³/mol. The molecule has 27 heavy (non-hydrogen) atoms. The van der Waals surface area contributed by atoms with Crippen molar-refractivity contribution in [1.29, 1.82) is 0 Å². The van der Waals surface area contributed by atoms with Gasteiger partial charge in [-0.3, -0.25) is 4.79 Å². The number of hydrogen-bond acceptors (Lipinski definition) is 8. The highest BCUT2D eigenvalue weighted by Crippen LogP contribution is 2.28. The largest absolute Gasteiger partial charge is 0.380 e. The zero-order valence-electron chi connectivity index (χ0n) is 15.6. The normalized spacial score (nSPS) is 12.5. The molecule has 0 saturated heterocycles. The molecule has 0 unspecified atom stereocenters. The highest BCUT2D eigenvalue weighted by molar-refractivity contribution is 7.86. The minimum atomic E-state index is -3.70. The fraction of sp³-hybridized carbons (Fsp3) is 0.353. The molecule has 1 amide bonds. The molecular weight excluding hydrogens is 370 g/mol. The van der Waals surface area contributed by atoms with E-state index in [0.29, 0.717) is 17.4 Å². The zero-order chi connectivity index (χ0) is 20.2. The molecule has 1 heterocycles. The number of nitrogens with two attached hydrogens (primary N) is 1. The maximum atomic E-state index is 11.6. The van der Waals surface area contributed by atoms with Gasteiger partial charge in [0, 0.05) is 12.2 Å². The molecule has 1 aromatic heterocycles. The summed E-state index contributed by atoms with van der Waals surface area (Å²) < 4.78 is 27.8. The Bertz CT molecular complexity index is 931. The second kappa shape index (κ2) is 8.21. The first-order valence-corrected chi connectivity index (χ1v) is 10.1. The van der Waals surface area contributed by atoms with Gasteiger partial charge < -0.3 is 20.6 Å².